The number of carbonyl (C=O) groups is 1. The van der Waals surface area contributed by atoms with Crippen LogP contribution in [-0.2, 0) is 4.79 Å². The molecule has 1 aliphatic rings. The zero-order valence-electron chi connectivity index (χ0n) is 15.2. The van der Waals surface area contributed by atoms with Gasteiger partial charge in [0, 0.05) is 36.1 Å². The van der Waals surface area contributed by atoms with Crippen molar-refractivity contribution in [1.82, 2.24) is 24.6 Å². The van der Waals surface area contributed by atoms with Crippen molar-refractivity contribution in [3.63, 3.8) is 0 Å². The maximum Gasteiger partial charge on any atom is 0.233 e. The third-order valence-electron chi connectivity index (χ3n) is 4.22. The van der Waals surface area contributed by atoms with E-state index in [9.17, 15) is 4.79 Å². The van der Waals surface area contributed by atoms with Crippen molar-refractivity contribution in [1.29, 1.82) is 0 Å². The van der Waals surface area contributed by atoms with Crippen LogP contribution in [0.2, 0.25) is 0 Å². The number of aromatic nitrogens is 4. The molecule has 6 nitrogen and oxygen atoms in total. The molecule has 1 amide bonds. The zero-order chi connectivity index (χ0) is 18.0. The molecular weight excluding hydrogens is 334 g/mol. The Balaban J connectivity index is 1.77. The Morgan fingerprint density at radius 1 is 1.28 bits per heavy atom. The minimum Gasteiger partial charge on any atom is -0.337 e. The molecule has 134 valence electrons. The summed E-state index contributed by atoms with van der Waals surface area (Å²) in [4.78, 5) is 18.7. The van der Waals surface area contributed by atoms with E-state index >= 15 is 0 Å². The molecule has 3 rings (SSSR count). The van der Waals surface area contributed by atoms with Crippen LogP contribution >= 0.6 is 11.8 Å². The fourth-order valence-electron chi connectivity index (χ4n) is 3.10. The molecule has 0 aromatic carbocycles. The van der Waals surface area contributed by atoms with E-state index in [1.165, 1.54) is 11.8 Å². The lowest BCUT2D eigenvalue weighted by Crippen LogP contribution is -2.43. The molecule has 1 aliphatic carbocycles. The molecule has 0 saturated heterocycles. The van der Waals surface area contributed by atoms with E-state index in [1.54, 1.807) is 6.20 Å². The summed E-state index contributed by atoms with van der Waals surface area (Å²) >= 11 is 1.48. The van der Waals surface area contributed by atoms with Crippen LogP contribution in [0.15, 0.2) is 29.7 Å². The molecule has 2 aromatic heterocycles. The molecule has 1 saturated carbocycles. The standard InChI is InChI=1S/C18H25N5OS/c1-12(2)22(13(3)4)16(24)11-25-18-21-20-17(23(18)15-7-8-15)14-6-5-9-19-10-14/h5-6,9-10,12-13,15H,7-8,11H2,1-4H3. The third-order valence-corrected chi connectivity index (χ3v) is 5.15. The molecule has 1 fully saturated rings. The molecule has 0 spiro atoms. The number of carbonyl (C=O) groups excluding carboxylic acids is 1. The van der Waals surface area contributed by atoms with Gasteiger partial charge in [-0.25, -0.2) is 0 Å². The predicted molar refractivity (Wildman–Crippen MR) is 99.4 cm³/mol. The minimum absolute atomic E-state index is 0.142. The van der Waals surface area contributed by atoms with Gasteiger partial charge in [0.25, 0.3) is 0 Å². The lowest BCUT2D eigenvalue weighted by Gasteiger charge is -2.30. The summed E-state index contributed by atoms with van der Waals surface area (Å²) in [6, 6.07) is 4.73. The van der Waals surface area contributed by atoms with Crippen molar-refractivity contribution in [3.8, 4) is 11.4 Å². The number of nitrogens with zero attached hydrogens (tertiary/aromatic N) is 5. The van der Waals surface area contributed by atoms with Crippen molar-refractivity contribution in [2.75, 3.05) is 5.75 Å². The quantitative estimate of drug-likeness (QED) is 0.709. The number of hydrogen-bond donors (Lipinski definition) is 0. The van der Waals surface area contributed by atoms with Gasteiger partial charge < -0.3 is 4.90 Å². The first-order valence-electron chi connectivity index (χ1n) is 8.78. The summed E-state index contributed by atoms with van der Waals surface area (Å²) in [5.74, 6) is 1.37. The van der Waals surface area contributed by atoms with E-state index in [4.69, 9.17) is 0 Å². The Hall–Kier alpha value is -1.89. The molecule has 2 heterocycles. The summed E-state index contributed by atoms with van der Waals surface area (Å²) in [6.45, 7) is 8.21. The molecule has 0 aliphatic heterocycles. The van der Waals surface area contributed by atoms with Crippen molar-refractivity contribution in [2.24, 2.45) is 0 Å². The van der Waals surface area contributed by atoms with Gasteiger partial charge in [0.2, 0.25) is 5.91 Å². The second-order valence-electron chi connectivity index (χ2n) is 6.93. The van der Waals surface area contributed by atoms with Crippen LogP contribution in [0.5, 0.6) is 0 Å². The highest BCUT2D eigenvalue weighted by Crippen LogP contribution is 2.40. The highest BCUT2D eigenvalue weighted by molar-refractivity contribution is 7.99. The molecular formula is C18H25N5OS. The highest BCUT2D eigenvalue weighted by Gasteiger charge is 2.31. The molecule has 0 atom stereocenters. The summed E-state index contributed by atoms with van der Waals surface area (Å²) in [5, 5.41) is 9.54. The number of thioether (sulfide) groups is 1. The Bertz CT molecular complexity index is 716. The fourth-order valence-corrected chi connectivity index (χ4v) is 3.98. The van der Waals surface area contributed by atoms with E-state index in [0.29, 0.717) is 11.8 Å². The number of pyridine rings is 1. The van der Waals surface area contributed by atoms with Gasteiger partial charge in [-0.1, -0.05) is 11.8 Å². The molecule has 0 bridgehead atoms. The first-order valence-corrected chi connectivity index (χ1v) is 9.77. The first kappa shape index (κ1) is 17.9. The Morgan fingerprint density at radius 2 is 2.00 bits per heavy atom. The molecule has 0 radical (unpaired) electrons. The normalized spacial score (nSPS) is 14.3. The highest BCUT2D eigenvalue weighted by atomic mass is 32.2. The van der Waals surface area contributed by atoms with E-state index in [0.717, 1.165) is 29.4 Å². The van der Waals surface area contributed by atoms with Gasteiger partial charge >= 0.3 is 0 Å². The van der Waals surface area contributed by atoms with E-state index < -0.39 is 0 Å². The van der Waals surface area contributed by atoms with Crippen LogP contribution in [0.3, 0.4) is 0 Å². The van der Waals surface area contributed by atoms with Crippen LogP contribution in [0.1, 0.15) is 46.6 Å². The second-order valence-corrected chi connectivity index (χ2v) is 7.87. The predicted octanol–water partition coefficient (Wildman–Crippen LogP) is 3.41. The fraction of sp³-hybridized carbons (Fsp3) is 0.556. The Kier molecular flexibility index (Phi) is 5.42. The lowest BCUT2D eigenvalue weighted by molar-refractivity contribution is -0.131. The Labute approximate surface area is 153 Å². The van der Waals surface area contributed by atoms with Crippen molar-refractivity contribution in [3.05, 3.63) is 24.5 Å². The largest absolute Gasteiger partial charge is 0.337 e. The van der Waals surface area contributed by atoms with Gasteiger partial charge in [0.15, 0.2) is 11.0 Å². The average molecular weight is 359 g/mol. The summed E-state index contributed by atoms with van der Waals surface area (Å²) < 4.78 is 2.17. The van der Waals surface area contributed by atoms with Crippen LogP contribution in [0.4, 0.5) is 0 Å². The summed E-state index contributed by atoms with van der Waals surface area (Å²) in [7, 11) is 0. The Morgan fingerprint density at radius 3 is 2.56 bits per heavy atom. The van der Waals surface area contributed by atoms with E-state index in [1.807, 2.05) is 23.2 Å². The van der Waals surface area contributed by atoms with E-state index in [2.05, 4.69) is 47.4 Å². The molecule has 25 heavy (non-hydrogen) atoms. The summed E-state index contributed by atoms with van der Waals surface area (Å²) in [6.07, 6.45) is 5.83. The van der Waals surface area contributed by atoms with Gasteiger partial charge in [0.1, 0.15) is 0 Å². The number of rotatable bonds is 7. The van der Waals surface area contributed by atoms with Gasteiger partial charge in [-0.15, -0.1) is 10.2 Å². The topological polar surface area (TPSA) is 63.9 Å². The zero-order valence-corrected chi connectivity index (χ0v) is 16.0. The third kappa shape index (κ3) is 4.03. The van der Waals surface area contributed by atoms with E-state index in [-0.39, 0.29) is 18.0 Å². The van der Waals surface area contributed by atoms with Crippen LogP contribution in [-0.4, -0.2) is 48.4 Å². The SMILES string of the molecule is CC(C)N(C(=O)CSc1nnc(-c2cccnc2)n1C1CC1)C(C)C. The van der Waals surface area contributed by atoms with Gasteiger partial charge in [0.05, 0.1) is 5.75 Å². The number of hydrogen-bond acceptors (Lipinski definition) is 5. The van der Waals surface area contributed by atoms with Gasteiger partial charge in [-0.3, -0.25) is 14.3 Å². The van der Waals surface area contributed by atoms with Gasteiger partial charge in [-0.05, 0) is 52.7 Å². The van der Waals surface area contributed by atoms with Crippen molar-refractivity contribution >= 4 is 17.7 Å². The maximum atomic E-state index is 12.6. The molecule has 0 unspecified atom stereocenters. The van der Waals surface area contributed by atoms with Crippen molar-refractivity contribution < 1.29 is 4.79 Å². The van der Waals surface area contributed by atoms with Crippen LogP contribution in [0.25, 0.3) is 11.4 Å². The first-order chi connectivity index (χ1) is 12.0. The molecule has 0 N–H and O–H groups in total. The van der Waals surface area contributed by atoms with Crippen LogP contribution < -0.4 is 0 Å². The lowest BCUT2D eigenvalue weighted by atomic mass is 10.2. The number of amides is 1. The molecule has 2 aromatic rings. The minimum atomic E-state index is 0.142. The van der Waals surface area contributed by atoms with Crippen molar-refractivity contribution in [2.45, 2.75) is 63.8 Å². The molecule has 7 heteroatoms. The maximum absolute atomic E-state index is 12.6. The monoisotopic (exact) mass is 359 g/mol. The average Bonchev–Trinajstić information content (AvgIpc) is 3.32. The van der Waals surface area contributed by atoms with Gasteiger partial charge in [-0.2, -0.15) is 0 Å². The summed E-state index contributed by atoms with van der Waals surface area (Å²) in [5.41, 5.74) is 0.964. The van der Waals surface area contributed by atoms with Crippen LogP contribution in [0, 0.1) is 0 Å². The smallest absolute Gasteiger partial charge is 0.233 e. The second kappa shape index (κ2) is 7.56.